The maximum atomic E-state index is 13.1. The highest BCUT2D eigenvalue weighted by Crippen LogP contribution is 2.13. The highest BCUT2D eigenvalue weighted by molar-refractivity contribution is 7.89. The summed E-state index contributed by atoms with van der Waals surface area (Å²) in [5, 5.41) is 0. The van der Waals surface area contributed by atoms with Gasteiger partial charge in [-0.3, -0.25) is 0 Å². The molecule has 0 fully saturated rings. The van der Waals surface area contributed by atoms with Crippen LogP contribution in [0.1, 0.15) is 46.0 Å². The molecule has 1 rings (SSSR count). The topological polar surface area (TPSA) is 55.4 Å². The van der Waals surface area contributed by atoms with Gasteiger partial charge in [0.25, 0.3) is 0 Å². The molecule has 4 nitrogen and oxygen atoms in total. The maximum absolute atomic E-state index is 13.1. The minimum Gasteiger partial charge on any atom is -0.381 e. The van der Waals surface area contributed by atoms with Gasteiger partial charge in [0.15, 0.2) is 0 Å². The molecule has 1 aromatic carbocycles. The molecule has 23 heavy (non-hydrogen) atoms. The second kappa shape index (κ2) is 10.7. The lowest BCUT2D eigenvalue weighted by Gasteiger charge is -2.14. The van der Waals surface area contributed by atoms with Crippen LogP contribution in [0.2, 0.25) is 0 Å². The number of hydrogen-bond donors (Lipinski definition) is 1. The lowest BCUT2D eigenvalue weighted by atomic mass is 10.0. The number of rotatable bonds is 12. The summed E-state index contributed by atoms with van der Waals surface area (Å²) in [7, 11) is -3.65. The predicted molar refractivity (Wildman–Crippen MR) is 90.3 cm³/mol. The van der Waals surface area contributed by atoms with Crippen LogP contribution in [0, 0.1) is 11.7 Å². The molecular formula is C17H28FNO3S. The van der Waals surface area contributed by atoms with Crippen molar-refractivity contribution in [1.82, 2.24) is 4.72 Å². The molecule has 0 saturated carbocycles. The normalized spacial score (nSPS) is 13.2. The second-order valence-corrected chi connectivity index (χ2v) is 7.47. The Morgan fingerprint density at radius 1 is 1.26 bits per heavy atom. The van der Waals surface area contributed by atoms with Gasteiger partial charge in [-0.05, 0) is 37.0 Å². The largest absolute Gasteiger partial charge is 0.381 e. The molecule has 0 radical (unpaired) electrons. The predicted octanol–water partition coefficient (Wildman–Crippen LogP) is 3.73. The number of benzene rings is 1. The molecule has 0 heterocycles. The van der Waals surface area contributed by atoms with E-state index >= 15 is 0 Å². The fourth-order valence-corrected chi connectivity index (χ4v) is 3.35. The molecule has 0 bridgehead atoms. The highest BCUT2D eigenvalue weighted by Gasteiger charge is 2.13. The van der Waals surface area contributed by atoms with Gasteiger partial charge in [0, 0.05) is 19.8 Å². The summed E-state index contributed by atoms with van der Waals surface area (Å²) in [6.45, 7) is 5.88. The van der Waals surface area contributed by atoms with Crippen LogP contribution in [0.25, 0.3) is 0 Å². The summed E-state index contributed by atoms with van der Waals surface area (Å²) in [5.74, 6) is 0.0211. The van der Waals surface area contributed by atoms with Gasteiger partial charge in [0.2, 0.25) is 10.0 Å². The quantitative estimate of drug-likeness (QED) is 0.587. The number of nitrogens with one attached hydrogen (secondary N) is 1. The first-order chi connectivity index (χ1) is 11.0. The summed E-state index contributed by atoms with van der Waals surface area (Å²) in [4.78, 5) is -0.0518. The fraction of sp³-hybridized carbons (Fsp3) is 0.647. The van der Waals surface area contributed by atoms with Crippen LogP contribution in [0.3, 0.4) is 0 Å². The monoisotopic (exact) mass is 345 g/mol. The average molecular weight is 345 g/mol. The number of halogens is 1. The first-order valence-electron chi connectivity index (χ1n) is 8.32. The van der Waals surface area contributed by atoms with Gasteiger partial charge in [-0.15, -0.1) is 0 Å². The number of unbranched alkanes of at least 4 members (excludes halogenated alkanes) is 1. The van der Waals surface area contributed by atoms with Crippen LogP contribution in [0.5, 0.6) is 0 Å². The lowest BCUT2D eigenvalue weighted by molar-refractivity contribution is 0.0928. The standard InChI is InChI=1S/C17H28FNO3S/c1-3-5-8-15(4-2)14-22-12-7-11-19-23(20,21)17-10-6-9-16(18)13-17/h6,9-10,13,15,19H,3-5,7-8,11-12,14H2,1-2H3. The van der Waals surface area contributed by atoms with E-state index in [4.69, 9.17) is 4.74 Å². The molecule has 1 atom stereocenters. The highest BCUT2D eigenvalue weighted by atomic mass is 32.2. The van der Waals surface area contributed by atoms with Crippen molar-refractivity contribution in [1.29, 1.82) is 0 Å². The van der Waals surface area contributed by atoms with Crippen molar-refractivity contribution in [3.8, 4) is 0 Å². The van der Waals surface area contributed by atoms with Crippen molar-refractivity contribution in [2.24, 2.45) is 5.92 Å². The van der Waals surface area contributed by atoms with Gasteiger partial charge in [0.05, 0.1) is 4.90 Å². The maximum Gasteiger partial charge on any atom is 0.240 e. The number of hydrogen-bond acceptors (Lipinski definition) is 3. The van der Waals surface area contributed by atoms with Gasteiger partial charge in [-0.25, -0.2) is 17.5 Å². The minimum atomic E-state index is -3.65. The van der Waals surface area contributed by atoms with Crippen LogP contribution in [0.4, 0.5) is 4.39 Å². The third-order valence-electron chi connectivity index (χ3n) is 3.76. The molecule has 0 aliphatic rings. The minimum absolute atomic E-state index is 0.0518. The van der Waals surface area contributed by atoms with Gasteiger partial charge < -0.3 is 4.74 Å². The number of ether oxygens (including phenoxy) is 1. The van der Waals surface area contributed by atoms with Gasteiger partial charge >= 0.3 is 0 Å². The summed E-state index contributed by atoms with van der Waals surface area (Å²) in [5.41, 5.74) is 0. The van der Waals surface area contributed by atoms with Crippen LogP contribution < -0.4 is 4.72 Å². The average Bonchev–Trinajstić information content (AvgIpc) is 2.53. The smallest absolute Gasteiger partial charge is 0.240 e. The van der Waals surface area contributed by atoms with E-state index in [9.17, 15) is 12.8 Å². The summed E-state index contributed by atoms with van der Waals surface area (Å²) in [6.07, 6.45) is 5.29. The lowest BCUT2D eigenvalue weighted by Crippen LogP contribution is -2.26. The molecule has 1 aromatic rings. The number of sulfonamides is 1. The van der Waals surface area contributed by atoms with E-state index in [1.54, 1.807) is 0 Å². The van der Waals surface area contributed by atoms with E-state index in [2.05, 4.69) is 18.6 Å². The molecule has 0 aliphatic carbocycles. The van der Waals surface area contributed by atoms with Crippen molar-refractivity contribution in [3.63, 3.8) is 0 Å². The van der Waals surface area contributed by atoms with Gasteiger partial charge in [-0.2, -0.15) is 0 Å². The third kappa shape index (κ3) is 7.90. The zero-order valence-electron chi connectivity index (χ0n) is 14.1. The fourth-order valence-electron chi connectivity index (χ4n) is 2.25. The van der Waals surface area contributed by atoms with Crippen molar-refractivity contribution < 1.29 is 17.5 Å². The Morgan fingerprint density at radius 3 is 2.70 bits per heavy atom. The molecule has 6 heteroatoms. The van der Waals surface area contributed by atoms with E-state index in [-0.39, 0.29) is 11.4 Å². The Hall–Kier alpha value is -0.980. The van der Waals surface area contributed by atoms with Crippen LogP contribution in [0.15, 0.2) is 29.2 Å². The molecule has 0 saturated heterocycles. The zero-order chi connectivity index (χ0) is 17.1. The molecule has 1 unspecified atom stereocenters. The summed E-state index contributed by atoms with van der Waals surface area (Å²) >= 11 is 0. The van der Waals surface area contributed by atoms with Crippen molar-refractivity contribution >= 4 is 10.0 Å². The van der Waals surface area contributed by atoms with E-state index in [0.29, 0.717) is 18.9 Å². The van der Waals surface area contributed by atoms with Crippen LogP contribution in [-0.4, -0.2) is 28.2 Å². The summed E-state index contributed by atoms with van der Waals surface area (Å²) in [6, 6.07) is 4.99. The molecule has 0 aromatic heterocycles. The van der Waals surface area contributed by atoms with Crippen molar-refractivity contribution in [2.45, 2.75) is 50.8 Å². The zero-order valence-corrected chi connectivity index (χ0v) is 14.9. The van der Waals surface area contributed by atoms with Crippen molar-refractivity contribution in [2.75, 3.05) is 19.8 Å². The molecule has 0 aliphatic heterocycles. The van der Waals surface area contributed by atoms with Gasteiger partial charge in [0.1, 0.15) is 5.82 Å². The van der Waals surface area contributed by atoms with Crippen LogP contribution in [-0.2, 0) is 14.8 Å². The Morgan fingerprint density at radius 2 is 2.04 bits per heavy atom. The molecule has 0 amide bonds. The van der Waals surface area contributed by atoms with E-state index in [1.807, 2.05) is 0 Å². The Labute approximate surface area is 139 Å². The third-order valence-corrected chi connectivity index (χ3v) is 5.22. The van der Waals surface area contributed by atoms with E-state index < -0.39 is 15.8 Å². The SMILES string of the molecule is CCCCC(CC)COCCCNS(=O)(=O)c1cccc(F)c1. The van der Waals surface area contributed by atoms with E-state index in [1.165, 1.54) is 37.5 Å². The van der Waals surface area contributed by atoms with Crippen molar-refractivity contribution in [3.05, 3.63) is 30.1 Å². The second-order valence-electron chi connectivity index (χ2n) is 5.70. The Balaban J connectivity index is 2.24. The van der Waals surface area contributed by atoms with Crippen LogP contribution >= 0.6 is 0 Å². The molecule has 132 valence electrons. The first kappa shape index (κ1) is 20.1. The Bertz CT molecular complexity index is 549. The Kier molecular flexibility index (Phi) is 9.36. The molecular weight excluding hydrogens is 317 g/mol. The first-order valence-corrected chi connectivity index (χ1v) is 9.80. The molecule has 1 N–H and O–H groups in total. The van der Waals surface area contributed by atoms with E-state index in [0.717, 1.165) is 19.1 Å². The summed E-state index contributed by atoms with van der Waals surface area (Å²) < 4.78 is 45.1. The molecule has 0 spiro atoms. The van der Waals surface area contributed by atoms with Gasteiger partial charge in [-0.1, -0.05) is 39.2 Å².